The maximum atomic E-state index is 12.7. The molecule has 0 saturated carbocycles. The van der Waals surface area contributed by atoms with Gasteiger partial charge in [-0.05, 0) is 42.5 Å². The van der Waals surface area contributed by atoms with Gasteiger partial charge in [0.05, 0.1) is 5.56 Å². The van der Waals surface area contributed by atoms with Crippen molar-refractivity contribution < 1.29 is 22.0 Å². The Labute approximate surface area is 142 Å². The summed E-state index contributed by atoms with van der Waals surface area (Å²) in [5.74, 6) is -0.103. The van der Waals surface area contributed by atoms with Gasteiger partial charge in [0.25, 0.3) is 0 Å². The van der Waals surface area contributed by atoms with Crippen LogP contribution in [-0.2, 0) is 6.18 Å². The van der Waals surface area contributed by atoms with Crippen LogP contribution in [0.1, 0.15) is 5.56 Å². The summed E-state index contributed by atoms with van der Waals surface area (Å²) >= 11 is 5.96. The van der Waals surface area contributed by atoms with Gasteiger partial charge in [-0.15, -0.1) is 0 Å². The summed E-state index contributed by atoms with van der Waals surface area (Å²) in [5, 5.41) is 0.949. The van der Waals surface area contributed by atoms with Crippen LogP contribution in [0.15, 0.2) is 56.1 Å². The average molecular weight is 366 g/mol. The Kier molecular flexibility index (Phi) is 3.36. The second kappa shape index (κ2) is 5.35. The van der Waals surface area contributed by atoms with Gasteiger partial charge in [-0.25, -0.2) is 9.78 Å². The number of aromatic nitrogens is 1. The van der Waals surface area contributed by atoms with Gasteiger partial charge in [-0.1, -0.05) is 11.6 Å². The summed E-state index contributed by atoms with van der Waals surface area (Å²) in [6.45, 7) is 0. The lowest BCUT2D eigenvalue weighted by Crippen LogP contribution is -2.04. The van der Waals surface area contributed by atoms with E-state index in [0.29, 0.717) is 16.0 Å². The Bertz CT molecular complexity index is 1160. The minimum Gasteiger partial charge on any atom is -0.447 e. The first-order chi connectivity index (χ1) is 11.8. The molecule has 25 heavy (non-hydrogen) atoms. The smallest absolute Gasteiger partial charge is 0.416 e. The molecule has 0 aliphatic rings. The summed E-state index contributed by atoms with van der Waals surface area (Å²) in [7, 11) is 0. The van der Waals surface area contributed by atoms with E-state index < -0.39 is 17.4 Å². The molecular weight excluding hydrogens is 359 g/mol. The monoisotopic (exact) mass is 365 g/mol. The predicted octanol–water partition coefficient (Wildman–Crippen LogP) is 5.27. The number of benzene rings is 2. The zero-order valence-corrected chi connectivity index (χ0v) is 13.0. The van der Waals surface area contributed by atoms with Crippen LogP contribution in [0.3, 0.4) is 0 Å². The van der Waals surface area contributed by atoms with Gasteiger partial charge >= 0.3 is 11.8 Å². The zero-order valence-electron chi connectivity index (χ0n) is 12.2. The molecular formula is C17H7ClF3NO3. The van der Waals surface area contributed by atoms with E-state index in [9.17, 15) is 18.0 Å². The van der Waals surface area contributed by atoms with E-state index in [-0.39, 0.29) is 22.6 Å². The van der Waals surface area contributed by atoms with Gasteiger partial charge in [0.2, 0.25) is 11.5 Å². The van der Waals surface area contributed by atoms with Crippen LogP contribution in [0.4, 0.5) is 13.2 Å². The topological polar surface area (TPSA) is 56.2 Å². The Morgan fingerprint density at radius 3 is 2.40 bits per heavy atom. The molecule has 2 aromatic carbocycles. The van der Waals surface area contributed by atoms with Crippen molar-refractivity contribution in [1.82, 2.24) is 4.98 Å². The van der Waals surface area contributed by atoms with Crippen molar-refractivity contribution in [2.24, 2.45) is 0 Å². The normalized spacial score (nSPS) is 12.2. The van der Waals surface area contributed by atoms with E-state index in [1.165, 1.54) is 12.1 Å². The van der Waals surface area contributed by atoms with Crippen LogP contribution in [-0.4, -0.2) is 4.98 Å². The van der Waals surface area contributed by atoms with Crippen molar-refractivity contribution in [2.45, 2.75) is 6.18 Å². The summed E-state index contributed by atoms with van der Waals surface area (Å²) in [5.41, 5.74) is -0.767. The number of halogens is 4. The first-order valence-electron chi connectivity index (χ1n) is 7.03. The van der Waals surface area contributed by atoms with Gasteiger partial charge in [-0.2, -0.15) is 13.2 Å². The molecule has 0 N–H and O–H groups in total. The van der Waals surface area contributed by atoms with Gasteiger partial charge in [-0.3, -0.25) is 0 Å². The Morgan fingerprint density at radius 2 is 1.72 bits per heavy atom. The van der Waals surface area contributed by atoms with Gasteiger partial charge < -0.3 is 8.83 Å². The molecule has 0 saturated heterocycles. The Balaban J connectivity index is 1.92. The number of hydrogen-bond donors (Lipinski definition) is 0. The molecule has 126 valence electrons. The fourth-order valence-electron chi connectivity index (χ4n) is 2.49. The van der Waals surface area contributed by atoms with Crippen LogP contribution in [0.2, 0.25) is 5.02 Å². The molecule has 4 rings (SSSR count). The van der Waals surface area contributed by atoms with Crippen LogP contribution in [0, 0.1) is 0 Å². The molecule has 4 nitrogen and oxygen atoms in total. The first-order valence-corrected chi connectivity index (χ1v) is 7.41. The highest BCUT2D eigenvalue weighted by Gasteiger charge is 2.30. The van der Waals surface area contributed by atoms with Crippen molar-refractivity contribution in [3.8, 4) is 11.5 Å². The van der Waals surface area contributed by atoms with Gasteiger partial charge in [0, 0.05) is 16.0 Å². The van der Waals surface area contributed by atoms with Crippen molar-refractivity contribution in [3.63, 3.8) is 0 Å². The lowest BCUT2D eigenvalue weighted by Gasteiger charge is -2.06. The maximum Gasteiger partial charge on any atom is 0.416 e. The summed E-state index contributed by atoms with van der Waals surface area (Å²) < 4.78 is 48.5. The van der Waals surface area contributed by atoms with E-state index >= 15 is 0 Å². The molecule has 0 unspecified atom stereocenters. The number of rotatable bonds is 1. The highest BCUT2D eigenvalue weighted by atomic mass is 35.5. The molecule has 0 amide bonds. The van der Waals surface area contributed by atoms with Crippen LogP contribution in [0.25, 0.3) is 33.5 Å². The second-order valence-electron chi connectivity index (χ2n) is 5.30. The molecule has 0 atom stereocenters. The summed E-state index contributed by atoms with van der Waals surface area (Å²) in [4.78, 5) is 16.4. The summed E-state index contributed by atoms with van der Waals surface area (Å²) in [6.07, 6.45) is -4.45. The van der Waals surface area contributed by atoms with Crippen LogP contribution in [0.5, 0.6) is 0 Å². The van der Waals surface area contributed by atoms with E-state index in [1.54, 1.807) is 18.2 Å². The van der Waals surface area contributed by atoms with Crippen molar-refractivity contribution in [2.75, 3.05) is 0 Å². The molecule has 0 spiro atoms. The first kappa shape index (κ1) is 15.7. The van der Waals surface area contributed by atoms with E-state index in [1.807, 2.05) is 0 Å². The van der Waals surface area contributed by atoms with Crippen molar-refractivity contribution in [1.29, 1.82) is 0 Å². The maximum absolute atomic E-state index is 12.7. The molecule has 0 aliphatic heterocycles. The molecule has 2 aromatic heterocycles. The SMILES string of the molecule is O=c1oc(-c2ccc(C(F)(F)F)cc2)nc2c1oc1ccc(Cl)cc12. The molecule has 0 bridgehead atoms. The molecule has 0 radical (unpaired) electrons. The average Bonchev–Trinajstić information content (AvgIpc) is 2.93. The fourth-order valence-corrected chi connectivity index (χ4v) is 2.66. The summed E-state index contributed by atoms with van der Waals surface area (Å²) in [6, 6.07) is 8.95. The quantitative estimate of drug-likeness (QED) is 0.461. The standard InChI is InChI=1S/C17H7ClF3NO3/c18-10-5-6-12-11(7-10)13-14(24-12)16(23)25-15(22-13)8-1-3-9(4-2-8)17(19,20)21/h1-7H. The lowest BCUT2D eigenvalue weighted by molar-refractivity contribution is -0.137. The third kappa shape index (κ3) is 2.66. The molecule has 0 aliphatic carbocycles. The Morgan fingerprint density at radius 1 is 1.00 bits per heavy atom. The van der Waals surface area contributed by atoms with Crippen LogP contribution < -0.4 is 5.63 Å². The Hall–Kier alpha value is -2.80. The molecule has 8 heteroatoms. The third-order valence-electron chi connectivity index (χ3n) is 3.67. The molecule has 0 fully saturated rings. The van der Waals surface area contributed by atoms with Gasteiger partial charge in [0.15, 0.2) is 0 Å². The number of nitrogens with zero attached hydrogens (tertiary/aromatic N) is 1. The number of furan rings is 1. The highest BCUT2D eigenvalue weighted by Crippen LogP contribution is 2.32. The highest BCUT2D eigenvalue weighted by molar-refractivity contribution is 6.31. The number of alkyl halides is 3. The van der Waals surface area contributed by atoms with Gasteiger partial charge in [0.1, 0.15) is 11.1 Å². The van der Waals surface area contributed by atoms with Crippen molar-refractivity contribution in [3.05, 3.63) is 63.5 Å². The molecule has 2 heterocycles. The van der Waals surface area contributed by atoms with E-state index in [2.05, 4.69) is 4.98 Å². The minimum atomic E-state index is -4.45. The number of hydrogen-bond acceptors (Lipinski definition) is 4. The van der Waals surface area contributed by atoms with Crippen LogP contribution >= 0.6 is 11.6 Å². The predicted molar refractivity (Wildman–Crippen MR) is 85.5 cm³/mol. The molecule has 4 aromatic rings. The van der Waals surface area contributed by atoms with Crippen molar-refractivity contribution >= 4 is 33.7 Å². The van der Waals surface area contributed by atoms with E-state index in [0.717, 1.165) is 12.1 Å². The fraction of sp³-hybridized carbons (Fsp3) is 0.0588. The largest absolute Gasteiger partial charge is 0.447 e. The zero-order chi connectivity index (χ0) is 17.8. The number of fused-ring (bicyclic) bond motifs is 3. The lowest BCUT2D eigenvalue weighted by atomic mass is 10.1. The minimum absolute atomic E-state index is 0.0760. The van der Waals surface area contributed by atoms with E-state index in [4.69, 9.17) is 20.4 Å². The second-order valence-corrected chi connectivity index (χ2v) is 5.74. The third-order valence-corrected chi connectivity index (χ3v) is 3.91.